The minimum Gasteiger partial charge on any atom is -0.453 e. The molecule has 0 saturated heterocycles. The molecule has 8 nitrogen and oxygen atoms in total. The van der Waals surface area contributed by atoms with Gasteiger partial charge in [0.25, 0.3) is 0 Å². The molecule has 32 heavy (non-hydrogen) atoms. The highest BCUT2D eigenvalue weighted by Crippen LogP contribution is 2.18. The average Bonchev–Trinajstić information content (AvgIpc) is 2.72. The molecular weight excluding hydrogens is 432 g/mol. The number of anilines is 1. The Hall–Kier alpha value is -3.04. The van der Waals surface area contributed by atoms with E-state index in [4.69, 9.17) is 4.74 Å². The van der Waals surface area contributed by atoms with Crippen molar-refractivity contribution in [1.82, 2.24) is 4.72 Å². The molecule has 0 saturated carbocycles. The van der Waals surface area contributed by atoms with Crippen LogP contribution in [0, 0.1) is 12.3 Å². The van der Waals surface area contributed by atoms with Crippen LogP contribution in [0.15, 0.2) is 53.4 Å². The molecule has 0 bridgehead atoms. The maximum atomic E-state index is 12.5. The van der Waals surface area contributed by atoms with Crippen LogP contribution in [0.3, 0.4) is 0 Å². The second-order valence-electron chi connectivity index (χ2n) is 8.42. The van der Waals surface area contributed by atoms with Crippen LogP contribution in [0.2, 0.25) is 0 Å². The van der Waals surface area contributed by atoms with Crippen LogP contribution < -0.4 is 10.0 Å². The summed E-state index contributed by atoms with van der Waals surface area (Å²) in [4.78, 5) is 36.6. The second kappa shape index (κ2) is 10.1. The number of carbonyl (C=O) groups is 3. The van der Waals surface area contributed by atoms with Crippen LogP contribution in [0.4, 0.5) is 5.69 Å². The summed E-state index contributed by atoms with van der Waals surface area (Å²) in [6.45, 7) is 8.00. The van der Waals surface area contributed by atoms with Crippen LogP contribution in [0.25, 0.3) is 0 Å². The third-order valence-electron chi connectivity index (χ3n) is 4.52. The molecule has 0 aromatic heterocycles. The number of hydrogen-bond donors (Lipinski definition) is 2. The number of amides is 1. The Morgan fingerprint density at radius 2 is 1.53 bits per heavy atom. The van der Waals surface area contributed by atoms with E-state index in [1.165, 1.54) is 31.2 Å². The zero-order valence-electron chi connectivity index (χ0n) is 18.8. The Morgan fingerprint density at radius 3 is 2.06 bits per heavy atom. The number of aryl methyl sites for hydroxylation is 1. The quantitative estimate of drug-likeness (QED) is 0.462. The monoisotopic (exact) mass is 460 g/mol. The molecule has 0 radical (unpaired) electrons. The van der Waals surface area contributed by atoms with Gasteiger partial charge in [0.1, 0.15) is 6.54 Å². The molecule has 0 aliphatic carbocycles. The Balaban J connectivity index is 1.92. The smallest absolute Gasteiger partial charge is 0.321 e. The van der Waals surface area contributed by atoms with E-state index in [1.54, 1.807) is 45.0 Å². The Bertz CT molecular complexity index is 1080. The number of nitrogens with one attached hydrogen (secondary N) is 2. The first kappa shape index (κ1) is 25.2. The van der Waals surface area contributed by atoms with Gasteiger partial charge in [-0.05, 0) is 50.2 Å². The zero-order valence-corrected chi connectivity index (χ0v) is 19.6. The molecule has 1 unspecified atom stereocenters. The topological polar surface area (TPSA) is 119 Å². The Labute approximate surface area is 188 Å². The highest BCUT2D eigenvalue weighted by molar-refractivity contribution is 7.89. The van der Waals surface area contributed by atoms with Gasteiger partial charge < -0.3 is 10.1 Å². The van der Waals surface area contributed by atoms with Crippen LogP contribution in [-0.4, -0.2) is 38.7 Å². The van der Waals surface area contributed by atoms with Gasteiger partial charge >= 0.3 is 5.97 Å². The lowest BCUT2D eigenvalue weighted by Gasteiger charge is -2.18. The van der Waals surface area contributed by atoms with E-state index in [0.717, 1.165) is 5.56 Å². The van der Waals surface area contributed by atoms with Gasteiger partial charge in [-0.15, -0.1) is 0 Å². The molecule has 0 fully saturated rings. The third kappa shape index (κ3) is 7.00. The maximum Gasteiger partial charge on any atom is 0.321 e. The van der Waals surface area contributed by atoms with E-state index in [9.17, 15) is 22.8 Å². The van der Waals surface area contributed by atoms with E-state index in [2.05, 4.69) is 10.0 Å². The van der Waals surface area contributed by atoms with Crippen LogP contribution in [0.1, 0.15) is 43.6 Å². The van der Waals surface area contributed by atoms with Crippen LogP contribution in [0.5, 0.6) is 0 Å². The molecule has 2 rings (SSSR count). The van der Waals surface area contributed by atoms with Crippen molar-refractivity contribution in [3.63, 3.8) is 0 Å². The summed E-state index contributed by atoms with van der Waals surface area (Å²) in [7, 11) is -3.88. The van der Waals surface area contributed by atoms with Gasteiger partial charge in [0.05, 0.1) is 4.90 Å². The number of Topliss-reactive ketones (excluding diaryl/α,β-unsaturated/α-hetero) is 1. The van der Waals surface area contributed by atoms with Gasteiger partial charge in [-0.1, -0.05) is 38.5 Å². The number of carbonyl (C=O) groups excluding carboxylic acids is 3. The van der Waals surface area contributed by atoms with Gasteiger partial charge in [-0.25, -0.2) is 8.42 Å². The normalized spacial score (nSPS) is 12.7. The van der Waals surface area contributed by atoms with Crippen molar-refractivity contribution in [2.24, 2.45) is 5.41 Å². The van der Waals surface area contributed by atoms with Crippen molar-refractivity contribution < 1.29 is 27.5 Å². The highest BCUT2D eigenvalue weighted by Gasteiger charge is 2.23. The SMILES string of the molecule is Cc1ccc(S(=O)(=O)NCC(=O)OC(C)C(=O)c2ccc(NC(=O)C(C)(C)C)cc2)cc1. The largest absolute Gasteiger partial charge is 0.453 e. The molecule has 172 valence electrons. The van der Waals surface area contributed by atoms with E-state index in [1.807, 2.05) is 6.92 Å². The predicted molar refractivity (Wildman–Crippen MR) is 121 cm³/mol. The minimum absolute atomic E-state index is 0.0265. The predicted octanol–water partition coefficient (Wildman–Crippen LogP) is 3.07. The molecule has 9 heteroatoms. The van der Waals surface area contributed by atoms with Crippen LogP contribution in [-0.2, 0) is 24.3 Å². The number of hydrogen-bond acceptors (Lipinski definition) is 6. The summed E-state index contributed by atoms with van der Waals surface area (Å²) in [5.74, 6) is -1.49. The fourth-order valence-corrected chi connectivity index (χ4v) is 3.49. The minimum atomic E-state index is -3.88. The summed E-state index contributed by atoms with van der Waals surface area (Å²) in [6.07, 6.45) is -1.11. The van der Waals surface area contributed by atoms with Crippen molar-refractivity contribution in [2.75, 3.05) is 11.9 Å². The van der Waals surface area contributed by atoms with E-state index >= 15 is 0 Å². The number of sulfonamides is 1. The summed E-state index contributed by atoms with van der Waals surface area (Å²) in [5.41, 5.74) is 1.18. The standard InChI is InChI=1S/C23H28N2O6S/c1-15-6-12-19(13-7-15)32(29,30)24-14-20(26)31-16(2)21(27)17-8-10-18(11-9-17)25-22(28)23(3,4)5/h6-13,16,24H,14H2,1-5H3,(H,25,28). The molecule has 1 amide bonds. The average molecular weight is 461 g/mol. The molecule has 2 aromatic carbocycles. The Kier molecular flexibility index (Phi) is 7.92. The third-order valence-corrected chi connectivity index (χ3v) is 5.94. The van der Waals surface area contributed by atoms with Crippen molar-refractivity contribution in [2.45, 2.75) is 45.6 Å². The fraction of sp³-hybridized carbons (Fsp3) is 0.348. The molecule has 0 aliphatic rings. The number of esters is 1. The number of rotatable bonds is 8. The van der Waals surface area contributed by atoms with Crippen molar-refractivity contribution in [1.29, 1.82) is 0 Å². The van der Waals surface area contributed by atoms with Crippen molar-refractivity contribution in [3.05, 3.63) is 59.7 Å². The molecule has 2 N–H and O–H groups in total. The van der Waals surface area contributed by atoms with E-state index in [-0.39, 0.29) is 10.8 Å². The van der Waals surface area contributed by atoms with Gasteiger partial charge in [-0.3, -0.25) is 14.4 Å². The molecular formula is C23H28N2O6S. The second-order valence-corrected chi connectivity index (χ2v) is 10.2. The maximum absolute atomic E-state index is 12.5. The van der Waals surface area contributed by atoms with Gasteiger partial charge in [-0.2, -0.15) is 4.72 Å². The summed E-state index contributed by atoms with van der Waals surface area (Å²) < 4.78 is 31.7. The van der Waals surface area contributed by atoms with E-state index < -0.39 is 39.8 Å². The lowest BCUT2D eigenvalue weighted by molar-refractivity contribution is -0.144. The lowest BCUT2D eigenvalue weighted by atomic mass is 9.95. The van der Waals surface area contributed by atoms with Gasteiger partial charge in [0.2, 0.25) is 21.7 Å². The Morgan fingerprint density at radius 1 is 0.969 bits per heavy atom. The number of ketones is 1. The van der Waals surface area contributed by atoms with Crippen LogP contribution >= 0.6 is 0 Å². The van der Waals surface area contributed by atoms with Gasteiger partial charge in [0.15, 0.2) is 6.10 Å². The van der Waals surface area contributed by atoms with Gasteiger partial charge in [0, 0.05) is 16.7 Å². The molecule has 0 aliphatic heterocycles. The first-order valence-corrected chi connectivity index (χ1v) is 11.5. The van der Waals surface area contributed by atoms with E-state index in [0.29, 0.717) is 11.3 Å². The molecule has 2 aromatic rings. The van der Waals surface area contributed by atoms with Crippen molar-refractivity contribution in [3.8, 4) is 0 Å². The first-order valence-electron chi connectivity index (χ1n) is 10.0. The number of ether oxygens (including phenoxy) is 1. The molecule has 0 spiro atoms. The van der Waals surface area contributed by atoms with Crippen molar-refractivity contribution >= 4 is 33.4 Å². The zero-order chi connectivity index (χ0) is 24.1. The first-order chi connectivity index (χ1) is 14.8. The number of benzene rings is 2. The summed E-state index contributed by atoms with van der Waals surface area (Å²) >= 11 is 0. The summed E-state index contributed by atoms with van der Waals surface area (Å²) in [6, 6.07) is 12.4. The molecule has 0 heterocycles. The molecule has 1 atom stereocenters. The summed E-state index contributed by atoms with van der Waals surface area (Å²) in [5, 5.41) is 2.76. The lowest BCUT2D eigenvalue weighted by Crippen LogP contribution is -2.34. The fourth-order valence-electron chi connectivity index (χ4n) is 2.52. The highest BCUT2D eigenvalue weighted by atomic mass is 32.2.